The van der Waals surface area contributed by atoms with Gasteiger partial charge in [0, 0.05) is 0 Å². The molecule has 18 heavy (non-hydrogen) atoms. The van der Waals surface area contributed by atoms with Crippen LogP contribution < -0.4 is 5.32 Å². The number of nitrogens with zero attached hydrogens (tertiary/aromatic N) is 1. The van der Waals surface area contributed by atoms with Gasteiger partial charge in [-0.15, -0.1) is 5.06 Å². The molecule has 0 spiro atoms. The van der Waals surface area contributed by atoms with Gasteiger partial charge in [-0.25, -0.2) is 4.79 Å². The van der Waals surface area contributed by atoms with Crippen LogP contribution in [-0.4, -0.2) is 29.0 Å². The normalized spacial score (nSPS) is 26.4. The highest BCUT2D eigenvalue weighted by atomic mass is 16.7. The summed E-state index contributed by atoms with van der Waals surface area (Å²) in [6, 6.07) is -0.764. The molecule has 1 N–H and O–H groups in total. The largest absolute Gasteiger partial charge is 0.355 e. The Hall–Kier alpha value is -1.43. The van der Waals surface area contributed by atoms with E-state index in [0.29, 0.717) is 6.42 Å². The Morgan fingerprint density at radius 2 is 1.89 bits per heavy atom. The van der Waals surface area contributed by atoms with Crippen molar-refractivity contribution in [3.05, 3.63) is 0 Å². The molecule has 1 aliphatic carbocycles. The van der Waals surface area contributed by atoms with Crippen molar-refractivity contribution in [2.45, 2.75) is 51.6 Å². The summed E-state index contributed by atoms with van der Waals surface area (Å²) in [6.45, 7) is 1.73. The van der Waals surface area contributed by atoms with Crippen molar-refractivity contribution in [2.24, 2.45) is 5.92 Å². The summed E-state index contributed by atoms with van der Waals surface area (Å²) in [7, 11) is 0. The predicted molar refractivity (Wildman–Crippen MR) is 62.1 cm³/mol. The van der Waals surface area contributed by atoms with Gasteiger partial charge in [-0.05, 0) is 19.3 Å². The first-order chi connectivity index (χ1) is 8.63. The van der Waals surface area contributed by atoms with E-state index in [9.17, 15) is 14.4 Å². The Kier molecular flexibility index (Phi) is 3.96. The molecule has 0 bridgehead atoms. The Labute approximate surface area is 106 Å². The van der Waals surface area contributed by atoms with Gasteiger partial charge >= 0.3 is 6.03 Å². The maximum atomic E-state index is 12.0. The number of hydrogen-bond acceptors (Lipinski definition) is 4. The molecule has 6 nitrogen and oxygen atoms in total. The number of imide groups is 2. The molecular formula is C12H18N2O4. The number of barbiturate groups is 1. The van der Waals surface area contributed by atoms with Crippen LogP contribution in [0.1, 0.15) is 45.4 Å². The molecular weight excluding hydrogens is 236 g/mol. The van der Waals surface area contributed by atoms with Gasteiger partial charge in [0.2, 0.25) is 5.91 Å². The number of rotatable bonds is 3. The van der Waals surface area contributed by atoms with Crippen LogP contribution in [0.15, 0.2) is 0 Å². The van der Waals surface area contributed by atoms with Gasteiger partial charge in [0.1, 0.15) is 5.92 Å². The number of nitrogens with one attached hydrogen (secondary N) is 1. The van der Waals surface area contributed by atoms with Crippen LogP contribution in [0.2, 0.25) is 0 Å². The first-order valence-electron chi connectivity index (χ1n) is 6.49. The fourth-order valence-electron chi connectivity index (χ4n) is 2.38. The highest BCUT2D eigenvalue weighted by Gasteiger charge is 2.41. The van der Waals surface area contributed by atoms with Gasteiger partial charge in [0.15, 0.2) is 0 Å². The molecule has 0 aromatic rings. The molecule has 2 fully saturated rings. The van der Waals surface area contributed by atoms with E-state index in [1.54, 1.807) is 6.92 Å². The van der Waals surface area contributed by atoms with E-state index in [0.717, 1.165) is 37.2 Å². The van der Waals surface area contributed by atoms with E-state index < -0.39 is 23.8 Å². The van der Waals surface area contributed by atoms with Gasteiger partial charge in [0.05, 0.1) is 6.10 Å². The van der Waals surface area contributed by atoms with Crippen molar-refractivity contribution in [1.29, 1.82) is 0 Å². The number of hydroxylamine groups is 2. The zero-order chi connectivity index (χ0) is 13.1. The molecule has 100 valence electrons. The Balaban J connectivity index is 2.03. The maximum Gasteiger partial charge on any atom is 0.355 e. The van der Waals surface area contributed by atoms with Crippen molar-refractivity contribution < 1.29 is 19.2 Å². The first-order valence-corrected chi connectivity index (χ1v) is 6.49. The fraction of sp³-hybridized carbons (Fsp3) is 0.750. The molecule has 0 aromatic heterocycles. The molecule has 0 radical (unpaired) electrons. The van der Waals surface area contributed by atoms with Crippen molar-refractivity contribution in [1.82, 2.24) is 10.4 Å². The summed E-state index contributed by atoms with van der Waals surface area (Å²) >= 11 is 0. The number of urea groups is 1. The van der Waals surface area contributed by atoms with Crippen LogP contribution >= 0.6 is 0 Å². The lowest BCUT2D eigenvalue weighted by molar-refractivity contribution is -0.196. The van der Waals surface area contributed by atoms with Crippen molar-refractivity contribution >= 4 is 17.8 Å². The molecule has 6 heteroatoms. The zero-order valence-electron chi connectivity index (χ0n) is 10.5. The molecule has 4 amide bonds. The van der Waals surface area contributed by atoms with E-state index in [1.165, 1.54) is 0 Å². The topological polar surface area (TPSA) is 75.7 Å². The van der Waals surface area contributed by atoms with Crippen LogP contribution in [-0.2, 0) is 14.4 Å². The predicted octanol–water partition coefficient (Wildman–Crippen LogP) is 1.36. The molecule has 0 aromatic carbocycles. The minimum absolute atomic E-state index is 0.0980. The van der Waals surface area contributed by atoms with Crippen molar-refractivity contribution in [3.8, 4) is 0 Å². The minimum atomic E-state index is -0.814. The Morgan fingerprint density at radius 3 is 2.50 bits per heavy atom. The van der Waals surface area contributed by atoms with Crippen LogP contribution in [0.3, 0.4) is 0 Å². The lowest BCUT2D eigenvalue weighted by atomic mass is 9.98. The highest BCUT2D eigenvalue weighted by Crippen LogP contribution is 2.23. The van der Waals surface area contributed by atoms with Gasteiger partial charge in [-0.2, -0.15) is 0 Å². The summed E-state index contributed by atoms with van der Waals surface area (Å²) in [6.07, 6.45) is 5.22. The number of amides is 4. The van der Waals surface area contributed by atoms with E-state index in [4.69, 9.17) is 4.84 Å². The second kappa shape index (κ2) is 5.48. The van der Waals surface area contributed by atoms with Gasteiger partial charge in [0.25, 0.3) is 5.91 Å². The summed E-state index contributed by atoms with van der Waals surface area (Å²) < 4.78 is 0. The summed E-state index contributed by atoms with van der Waals surface area (Å²) in [5.41, 5.74) is 0. The van der Waals surface area contributed by atoms with Crippen LogP contribution in [0.5, 0.6) is 0 Å². The van der Waals surface area contributed by atoms with E-state index in [1.807, 2.05) is 0 Å². The minimum Gasteiger partial charge on any atom is -0.275 e. The molecule has 1 unspecified atom stereocenters. The van der Waals surface area contributed by atoms with E-state index in [-0.39, 0.29) is 6.10 Å². The van der Waals surface area contributed by atoms with Crippen LogP contribution in [0, 0.1) is 5.92 Å². The average molecular weight is 254 g/mol. The molecule has 1 saturated heterocycles. The summed E-state index contributed by atoms with van der Waals surface area (Å²) in [5, 5.41) is 2.89. The maximum absolute atomic E-state index is 12.0. The molecule has 1 atom stereocenters. The highest BCUT2D eigenvalue weighted by molar-refractivity contribution is 6.15. The second-order valence-corrected chi connectivity index (χ2v) is 4.75. The molecule has 1 aliphatic heterocycles. The van der Waals surface area contributed by atoms with Gasteiger partial charge in [-0.3, -0.25) is 19.7 Å². The Morgan fingerprint density at radius 1 is 1.22 bits per heavy atom. The summed E-state index contributed by atoms with van der Waals surface area (Å²) in [4.78, 5) is 40.5. The van der Waals surface area contributed by atoms with E-state index in [2.05, 4.69) is 5.32 Å². The van der Waals surface area contributed by atoms with Gasteiger partial charge in [-0.1, -0.05) is 26.2 Å². The number of carbonyl (C=O) groups excluding carboxylic acids is 3. The second-order valence-electron chi connectivity index (χ2n) is 4.75. The van der Waals surface area contributed by atoms with Crippen molar-refractivity contribution in [2.75, 3.05) is 0 Å². The van der Waals surface area contributed by atoms with Gasteiger partial charge < -0.3 is 0 Å². The number of hydrogen-bond donors (Lipinski definition) is 1. The number of carbonyl (C=O) groups is 3. The molecule has 1 saturated carbocycles. The summed E-state index contributed by atoms with van der Waals surface area (Å²) in [5.74, 6) is -1.89. The monoisotopic (exact) mass is 254 g/mol. The quantitative estimate of drug-likeness (QED) is 0.771. The lowest BCUT2D eigenvalue weighted by Crippen LogP contribution is -2.58. The lowest BCUT2D eigenvalue weighted by Gasteiger charge is -2.32. The first kappa shape index (κ1) is 13.0. The molecule has 2 rings (SSSR count). The third-order valence-corrected chi connectivity index (χ3v) is 3.44. The Bertz CT molecular complexity index is 363. The third-order valence-electron chi connectivity index (χ3n) is 3.44. The average Bonchev–Trinajstić information content (AvgIpc) is 2.36. The fourth-order valence-corrected chi connectivity index (χ4v) is 2.38. The third kappa shape index (κ3) is 2.53. The van der Waals surface area contributed by atoms with Crippen molar-refractivity contribution in [3.63, 3.8) is 0 Å². The van der Waals surface area contributed by atoms with Crippen LogP contribution in [0.25, 0.3) is 0 Å². The standard InChI is InChI=1S/C12H18N2O4/c1-2-9-10(15)13-12(17)14(11(9)16)18-8-6-4-3-5-7-8/h8-9H,2-7H2,1H3,(H,13,15,17). The molecule has 1 heterocycles. The van der Waals surface area contributed by atoms with Crippen LogP contribution in [0.4, 0.5) is 4.79 Å². The van der Waals surface area contributed by atoms with E-state index >= 15 is 0 Å². The SMILES string of the molecule is CCC1C(=O)NC(=O)N(OC2CCCCC2)C1=O. The zero-order valence-corrected chi connectivity index (χ0v) is 10.5. The smallest absolute Gasteiger partial charge is 0.275 e. The molecule has 2 aliphatic rings.